The van der Waals surface area contributed by atoms with Gasteiger partial charge in [-0.1, -0.05) is 6.07 Å². The normalized spacial score (nSPS) is 11.1. The molecular formula is C15H12F3NO3S2. The Kier molecular flexibility index (Phi) is 6.27. The number of thioether (sulfide) groups is 1. The van der Waals surface area contributed by atoms with Gasteiger partial charge in [-0.15, -0.1) is 11.3 Å². The lowest BCUT2D eigenvalue weighted by atomic mass is 10.2. The molecule has 0 aliphatic rings. The molecule has 9 heteroatoms. The summed E-state index contributed by atoms with van der Waals surface area (Å²) in [5.41, 5.74) is -4.31. The number of alkyl halides is 3. The second kappa shape index (κ2) is 8.20. The molecule has 0 aliphatic carbocycles. The zero-order chi connectivity index (χ0) is 17.6. The monoisotopic (exact) mass is 375 g/mol. The van der Waals surface area contributed by atoms with Crippen molar-refractivity contribution in [2.24, 2.45) is 0 Å². The van der Waals surface area contributed by atoms with Crippen molar-refractivity contribution in [1.29, 1.82) is 0 Å². The summed E-state index contributed by atoms with van der Waals surface area (Å²) in [4.78, 5) is 24.3. The Balaban J connectivity index is 1.78. The van der Waals surface area contributed by atoms with Crippen LogP contribution in [0.3, 0.4) is 0 Å². The van der Waals surface area contributed by atoms with Crippen LogP contribution in [0.5, 0.6) is 0 Å². The minimum Gasteiger partial charge on any atom is -0.452 e. The molecule has 0 unspecified atom stereocenters. The summed E-state index contributed by atoms with van der Waals surface area (Å²) in [7, 11) is 0. The molecule has 2 aromatic rings. The molecule has 1 heterocycles. The lowest BCUT2D eigenvalue weighted by Crippen LogP contribution is -2.28. The summed E-state index contributed by atoms with van der Waals surface area (Å²) in [6.45, 7) is -0.110. The van der Waals surface area contributed by atoms with Gasteiger partial charge in [0.1, 0.15) is 0 Å². The SMILES string of the molecule is O=C(COC(=O)c1ccc(SC(F)(F)F)cc1)NCc1cccs1. The number of thiophene rings is 1. The van der Waals surface area contributed by atoms with Crippen molar-refractivity contribution in [2.75, 3.05) is 6.61 Å². The molecule has 1 aromatic carbocycles. The number of esters is 1. The van der Waals surface area contributed by atoms with E-state index in [1.165, 1.54) is 35.6 Å². The third-order valence-electron chi connectivity index (χ3n) is 2.70. The first-order valence-corrected chi connectivity index (χ1v) is 8.35. The number of carbonyl (C=O) groups excluding carboxylic acids is 2. The van der Waals surface area contributed by atoms with Crippen LogP contribution in [0.1, 0.15) is 15.2 Å². The fourth-order valence-corrected chi connectivity index (χ4v) is 2.84. The van der Waals surface area contributed by atoms with Crippen LogP contribution >= 0.6 is 23.1 Å². The number of ether oxygens (including phenoxy) is 1. The maximum Gasteiger partial charge on any atom is 0.446 e. The molecule has 0 aliphatic heterocycles. The van der Waals surface area contributed by atoms with Crippen LogP contribution in [0.2, 0.25) is 0 Å². The van der Waals surface area contributed by atoms with E-state index in [1.807, 2.05) is 17.5 Å². The lowest BCUT2D eigenvalue weighted by molar-refractivity contribution is -0.124. The zero-order valence-corrected chi connectivity index (χ0v) is 13.8. The first-order valence-electron chi connectivity index (χ1n) is 6.65. The largest absolute Gasteiger partial charge is 0.452 e. The van der Waals surface area contributed by atoms with Crippen molar-refractivity contribution in [1.82, 2.24) is 5.32 Å². The predicted molar refractivity (Wildman–Crippen MR) is 84.8 cm³/mol. The van der Waals surface area contributed by atoms with E-state index in [4.69, 9.17) is 4.74 Å². The Bertz CT molecular complexity index is 685. The molecule has 2 rings (SSSR count). The topological polar surface area (TPSA) is 55.4 Å². The lowest BCUT2D eigenvalue weighted by Gasteiger charge is -2.07. The van der Waals surface area contributed by atoms with Gasteiger partial charge in [-0.2, -0.15) is 13.2 Å². The van der Waals surface area contributed by atoms with Gasteiger partial charge < -0.3 is 10.1 Å². The zero-order valence-electron chi connectivity index (χ0n) is 12.1. The number of rotatable bonds is 6. The van der Waals surface area contributed by atoms with Gasteiger partial charge in [-0.05, 0) is 47.5 Å². The highest BCUT2D eigenvalue weighted by Gasteiger charge is 2.29. The fraction of sp³-hybridized carbons (Fsp3) is 0.200. The van der Waals surface area contributed by atoms with Crippen LogP contribution in [-0.4, -0.2) is 24.0 Å². The number of carbonyl (C=O) groups is 2. The molecule has 0 saturated heterocycles. The van der Waals surface area contributed by atoms with Crippen LogP contribution in [0.25, 0.3) is 0 Å². The van der Waals surface area contributed by atoms with E-state index in [1.54, 1.807) is 0 Å². The molecule has 0 spiro atoms. The number of nitrogens with one attached hydrogen (secondary N) is 1. The quantitative estimate of drug-likeness (QED) is 0.616. The number of hydrogen-bond donors (Lipinski definition) is 1. The van der Waals surface area contributed by atoms with Crippen LogP contribution < -0.4 is 5.32 Å². The van der Waals surface area contributed by atoms with Crippen LogP contribution in [0, 0.1) is 0 Å². The smallest absolute Gasteiger partial charge is 0.446 e. The van der Waals surface area contributed by atoms with Gasteiger partial charge in [0.25, 0.3) is 5.91 Å². The van der Waals surface area contributed by atoms with E-state index in [9.17, 15) is 22.8 Å². The van der Waals surface area contributed by atoms with Crippen molar-refractivity contribution < 1.29 is 27.5 Å². The third kappa shape index (κ3) is 6.25. The average Bonchev–Trinajstić information content (AvgIpc) is 3.03. The molecule has 0 fully saturated rings. The minimum atomic E-state index is -4.39. The molecule has 0 radical (unpaired) electrons. The molecule has 1 N–H and O–H groups in total. The Morgan fingerprint density at radius 1 is 1.17 bits per heavy atom. The third-order valence-corrected chi connectivity index (χ3v) is 4.31. The maximum atomic E-state index is 12.2. The van der Waals surface area contributed by atoms with Crippen molar-refractivity contribution in [3.8, 4) is 0 Å². The summed E-state index contributed by atoms with van der Waals surface area (Å²) in [5, 5.41) is 4.47. The summed E-state index contributed by atoms with van der Waals surface area (Å²) >= 11 is 1.22. The summed E-state index contributed by atoms with van der Waals surface area (Å²) in [6.07, 6.45) is 0. The Morgan fingerprint density at radius 2 is 1.88 bits per heavy atom. The minimum absolute atomic E-state index is 0.0345. The van der Waals surface area contributed by atoms with Crippen molar-refractivity contribution in [3.63, 3.8) is 0 Å². The number of amides is 1. The standard InChI is InChI=1S/C15H12F3NO3S2/c16-15(17,18)24-11-5-3-10(4-6-11)14(21)22-9-13(20)19-8-12-2-1-7-23-12/h1-7H,8-9H2,(H,19,20). The van der Waals surface area contributed by atoms with Crippen molar-refractivity contribution >= 4 is 35.0 Å². The Labute approximate surface area is 144 Å². The van der Waals surface area contributed by atoms with E-state index in [0.717, 1.165) is 4.88 Å². The van der Waals surface area contributed by atoms with Crippen LogP contribution in [-0.2, 0) is 16.1 Å². The summed E-state index contributed by atoms with van der Waals surface area (Å²) < 4.78 is 41.5. The van der Waals surface area contributed by atoms with Crippen LogP contribution in [0.15, 0.2) is 46.7 Å². The first-order chi connectivity index (χ1) is 11.3. The van der Waals surface area contributed by atoms with Crippen LogP contribution in [0.4, 0.5) is 13.2 Å². The highest BCUT2D eigenvalue weighted by Crippen LogP contribution is 2.36. The number of benzene rings is 1. The van der Waals surface area contributed by atoms with Gasteiger partial charge in [0.2, 0.25) is 0 Å². The Hall–Kier alpha value is -2.00. The van der Waals surface area contributed by atoms with Gasteiger partial charge in [0.05, 0.1) is 12.1 Å². The molecule has 0 atom stereocenters. The predicted octanol–water partition coefficient (Wildman–Crippen LogP) is 3.83. The maximum absolute atomic E-state index is 12.2. The molecular weight excluding hydrogens is 363 g/mol. The highest BCUT2D eigenvalue weighted by atomic mass is 32.2. The van der Waals surface area contributed by atoms with E-state index >= 15 is 0 Å². The van der Waals surface area contributed by atoms with Crippen molar-refractivity contribution in [2.45, 2.75) is 16.9 Å². The molecule has 4 nitrogen and oxygen atoms in total. The molecule has 1 amide bonds. The van der Waals surface area contributed by atoms with E-state index < -0.39 is 24.0 Å². The van der Waals surface area contributed by atoms with Crippen molar-refractivity contribution in [3.05, 3.63) is 52.2 Å². The van der Waals surface area contributed by atoms with E-state index in [-0.39, 0.29) is 22.2 Å². The molecule has 0 saturated carbocycles. The molecule has 24 heavy (non-hydrogen) atoms. The fourth-order valence-electron chi connectivity index (χ4n) is 1.66. The average molecular weight is 375 g/mol. The number of hydrogen-bond acceptors (Lipinski definition) is 5. The van der Waals surface area contributed by atoms with Gasteiger partial charge in [0, 0.05) is 9.77 Å². The second-order valence-corrected chi connectivity index (χ2v) is 6.68. The van der Waals surface area contributed by atoms with E-state index in [2.05, 4.69) is 5.32 Å². The Morgan fingerprint density at radius 3 is 2.46 bits per heavy atom. The summed E-state index contributed by atoms with van der Waals surface area (Å²) in [6, 6.07) is 8.50. The highest BCUT2D eigenvalue weighted by molar-refractivity contribution is 8.00. The molecule has 0 bridgehead atoms. The van der Waals surface area contributed by atoms with E-state index in [0.29, 0.717) is 6.54 Å². The summed E-state index contributed by atoms with van der Waals surface area (Å²) in [5.74, 6) is -1.23. The van der Waals surface area contributed by atoms with Gasteiger partial charge in [-0.3, -0.25) is 4.79 Å². The van der Waals surface area contributed by atoms with Gasteiger partial charge in [0.15, 0.2) is 6.61 Å². The molecule has 128 valence electrons. The number of halogens is 3. The van der Waals surface area contributed by atoms with Gasteiger partial charge >= 0.3 is 11.5 Å². The molecule has 1 aromatic heterocycles. The van der Waals surface area contributed by atoms with Gasteiger partial charge in [-0.25, -0.2) is 4.79 Å². The second-order valence-electron chi connectivity index (χ2n) is 4.50. The first kappa shape index (κ1) is 18.3.